The van der Waals surface area contributed by atoms with E-state index < -0.39 is 89.8 Å². The summed E-state index contributed by atoms with van der Waals surface area (Å²) in [6.07, 6.45) is -3.95. The van der Waals surface area contributed by atoms with Gasteiger partial charge in [0.1, 0.15) is 11.6 Å². The number of rotatable bonds is 1. The van der Waals surface area contributed by atoms with E-state index in [1.54, 1.807) is 0 Å². The van der Waals surface area contributed by atoms with Crippen molar-refractivity contribution >= 4 is 28.2 Å². The number of aryl methyl sites for hydroxylation is 1. The highest BCUT2D eigenvalue weighted by atomic mass is 16.2. The average Bonchev–Trinajstić information content (AvgIpc) is 2.56. The molecule has 1 heterocycles. The van der Waals surface area contributed by atoms with Gasteiger partial charge in [0.05, 0.1) is 27.5 Å². The summed E-state index contributed by atoms with van der Waals surface area (Å²) in [6, 6.07) is -3.95. The smallest absolute Gasteiger partial charge is 0.264 e. The molecule has 0 radical (unpaired) electrons. The zero-order valence-electron chi connectivity index (χ0n) is 18.7. The van der Waals surface area contributed by atoms with Crippen molar-refractivity contribution in [1.82, 2.24) is 9.55 Å². The summed E-state index contributed by atoms with van der Waals surface area (Å²) in [5, 5.41) is -0.551. The van der Waals surface area contributed by atoms with E-state index in [4.69, 9.17) is 16.7 Å². The number of carbonyl (C=O) groups excluding carboxylic acids is 2. The van der Waals surface area contributed by atoms with Crippen molar-refractivity contribution in [2.24, 2.45) is 0 Å². The van der Waals surface area contributed by atoms with Gasteiger partial charge in [-0.3, -0.25) is 19.0 Å². The number of benzene rings is 1. The van der Waals surface area contributed by atoms with Crippen molar-refractivity contribution in [3.8, 4) is 0 Å². The number of hydrogen-bond donors (Lipinski definition) is 1. The molecule has 1 unspecified atom stereocenters. The van der Waals surface area contributed by atoms with Crippen LogP contribution in [-0.4, -0.2) is 21.1 Å². The van der Waals surface area contributed by atoms with Gasteiger partial charge in [0, 0.05) is 19.0 Å². The predicted octanol–water partition coefficient (Wildman–Crippen LogP) is 1.15. The molecule has 108 valence electrons. The maximum atomic E-state index is 13.2. The van der Waals surface area contributed by atoms with Gasteiger partial charge in [-0.2, -0.15) is 0 Å². The molecule has 1 fully saturated rings. The van der Waals surface area contributed by atoms with Gasteiger partial charge in [0.15, 0.2) is 5.78 Å². The number of nitrogen functional groups attached to an aromatic ring is 1. The number of Topliss-reactive ketones (excluding diaryl/α,β-unsaturated/α-hetero) is 2. The number of carbonyl (C=O) groups is 2. The van der Waals surface area contributed by atoms with Crippen LogP contribution in [0.15, 0.2) is 22.9 Å². The molecule has 0 bridgehead atoms. The van der Waals surface area contributed by atoms with Crippen LogP contribution in [0.4, 0.5) is 5.69 Å². The van der Waals surface area contributed by atoms with Crippen molar-refractivity contribution < 1.29 is 20.6 Å². The molecule has 1 aliphatic rings. The van der Waals surface area contributed by atoms with Crippen molar-refractivity contribution in [3.05, 3.63) is 34.3 Å². The van der Waals surface area contributed by atoms with Crippen LogP contribution in [0, 0.1) is 6.85 Å². The van der Waals surface area contributed by atoms with Gasteiger partial charge in [-0.1, -0.05) is 6.04 Å². The zero-order chi connectivity index (χ0) is 22.0. The lowest BCUT2D eigenvalue weighted by molar-refractivity contribution is -0.132. The van der Waals surface area contributed by atoms with Crippen LogP contribution in [0.2, 0.25) is 0 Å². The zero-order valence-corrected chi connectivity index (χ0v) is 10.7. The second-order valence-corrected chi connectivity index (χ2v) is 4.59. The summed E-state index contributed by atoms with van der Waals surface area (Å²) in [4.78, 5) is 41.2. The second kappa shape index (κ2) is 4.80. The van der Waals surface area contributed by atoms with Gasteiger partial charge < -0.3 is 5.73 Å². The van der Waals surface area contributed by atoms with Crippen molar-refractivity contribution in [2.45, 2.75) is 32.1 Å². The summed E-state index contributed by atoms with van der Waals surface area (Å²) >= 11 is 0. The monoisotopic (exact) mass is 293 g/mol. The Morgan fingerprint density at radius 3 is 3.00 bits per heavy atom. The average molecular weight is 293 g/mol. The van der Waals surface area contributed by atoms with Crippen LogP contribution in [-0.2, 0) is 9.59 Å². The summed E-state index contributed by atoms with van der Waals surface area (Å²) < 4.78 is 63.1. The SMILES string of the molecule is [2H]c1c([2H])c(N)c2c(=O)n(C3C(=O)CC(=O)CC3([2H])[2H])c(C([2H])([2H])[2H])nc2c1[2H]. The van der Waals surface area contributed by atoms with Gasteiger partial charge >= 0.3 is 0 Å². The Balaban J connectivity index is 2.53. The molecule has 1 aliphatic carbocycles. The minimum absolute atomic E-state index is 0.364. The largest absolute Gasteiger partial charge is 0.398 e. The summed E-state index contributed by atoms with van der Waals surface area (Å²) in [6.45, 7) is -3.09. The Bertz CT molecular complexity index is 1140. The molecule has 1 atom stereocenters. The number of hydrogen-bond acceptors (Lipinski definition) is 5. The van der Waals surface area contributed by atoms with Crippen LogP contribution in [0.3, 0.4) is 0 Å². The van der Waals surface area contributed by atoms with Crippen LogP contribution < -0.4 is 11.3 Å². The minimum Gasteiger partial charge on any atom is -0.398 e. The van der Waals surface area contributed by atoms with Crippen LogP contribution >= 0.6 is 0 Å². The molecule has 0 saturated heterocycles. The number of aromatic nitrogens is 2. The van der Waals surface area contributed by atoms with E-state index in [-0.39, 0.29) is 0 Å². The normalized spacial score (nSPS) is 27.7. The van der Waals surface area contributed by atoms with E-state index in [0.717, 1.165) is 0 Å². The molecule has 3 rings (SSSR count). The van der Waals surface area contributed by atoms with Crippen LogP contribution in [0.25, 0.3) is 10.9 Å². The van der Waals surface area contributed by atoms with Gasteiger partial charge in [-0.25, -0.2) is 4.98 Å². The minimum atomic E-state index is -3.09. The summed E-state index contributed by atoms with van der Waals surface area (Å²) in [7, 11) is 0. The lowest BCUT2D eigenvalue weighted by Gasteiger charge is -2.24. The fourth-order valence-electron chi connectivity index (χ4n) is 2.24. The maximum absolute atomic E-state index is 13.2. The fraction of sp³-hybridized carbons (Fsp3) is 0.333. The third-order valence-corrected chi connectivity index (χ3v) is 3.19. The van der Waals surface area contributed by atoms with Gasteiger partial charge in [0.25, 0.3) is 5.56 Å². The predicted molar refractivity (Wildman–Crippen MR) is 78.1 cm³/mol. The lowest BCUT2D eigenvalue weighted by atomic mass is 9.92. The fourth-order valence-corrected chi connectivity index (χ4v) is 2.24. The van der Waals surface area contributed by atoms with Crippen LogP contribution in [0.1, 0.15) is 42.0 Å². The van der Waals surface area contributed by atoms with E-state index in [1.165, 1.54) is 0 Å². The van der Waals surface area contributed by atoms with Crippen molar-refractivity contribution in [1.29, 1.82) is 0 Å². The first-order valence-electron chi connectivity index (χ1n) is 10.0. The number of fused-ring (bicyclic) bond motifs is 1. The topological polar surface area (TPSA) is 95.0 Å². The number of ketones is 2. The van der Waals surface area contributed by atoms with E-state index in [1.807, 2.05) is 0 Å². The molecule has 6 nitrogen and oxygen atoms in total. The third kappa shape index (κ3) is 2.12. The molecule has 21 heavy (non-hydrogen) atoms. The van der Waals surface area contributed by atoms with Gasteiger partial charge in [-0.05, 0) is 25.3 Å². The van der Waals surface area contributed by atoms with E-state index in [9.17, 15) is 14.4 Å². The highest BCUT2D eigenvalue weighted by molar-refractivity contribution is 6.03. The summed E-state index contributed by atoms with van der Waals surface area (Å²) in [5.74, 6) is -2.64. The van der Waals surface area contributed by atoms with E-state index >= 15 is 0 Å². The third-order valence-electron chi connectivity index (χ3n) is 3.19. The molecule has 0 spiro atoms. The highest BCUT2D eigenvalue weighted by Crippen LogP contribution is 2.24. The second-order valence-electron chi connectivity index (χ2n) is 4.59. The molecule has 0 aliphatic heterocycles. The Morgan fingerprint density at radius 1 is 1.48 bits per heavy atom. The Labute approximate surface area is 131 Å². The van der Waals surface area contributed by atoms with Crippen LogP contribution in [0.5, 0.6) is 0 Å². The molecule has 6 heteroatoms. The first kappa shape index (κ1) is 6.98. The Morgan fingerprint density at radius 2 is 2.29 bits per heavy atom. The number of nitrogens with zero attached hydrogens (tertiary/aromatic N) is 2. The molecule has 2 N–H and O–H groups in total. The highest BCUT2D eigenvalue weighted by Gasteiger charge is 2.30. The molecule has 2 aromatic rings. The van der Waals surface area contributed by atoms with E-state index in [2.05, 4.69) is 4.98 Å². The van der Waals surface area contributed by atoms with Crippen molar-refractivity contribution in [2.75, 3.05) is 5.73 Å². The molecule has 1 saturated carbocycles. The summed E-state index contributed by atoms with van der Waals surface area (Å²) in [5.41, 5.74) is 3.46. The molecular weight excluding hydrogens is 270 g/mol. The van der Waals surface area contributed by atoms with Gasteiger partial charge in [-0.15, -0.1) is 0 Å². The number of anilines is 1. The molecule has 0 amide bonds. The van der Waals surface area contributed by atoms with Gasteiger partial charge in [0.2, 0.25) is 0 Å². The first-order valence-corrected chi connectivity index (χ1v) is 6.05. The maximum Gasteiger partial charge on any atom is 0.264 e. The standard InChI is InChI=1S/C15H15N3O3/c1-8-17-11-4-2-3-10(16)14(11)15(21)18(8)12-6-5-9(19)7-13(12)20/h2-4,12H,5-7,16H2,1H3/i1D3,2D,3D,4D,6D2. The van der Waals surface area contributed by atoms with Crippen molar-refractivity contribution in [3.63, 3.8) is 0 Å². The Hall–Kier alpha value is -2.50. The molecule has 1 aromatic carbocycles. The lowest BCUT2D eigenvalue weighted by Crippen LogP contribution is -2.36. The van der Waals surface area contributed by atoms with E-state index in [0.29, 0.717) is 4.57 Å². The Kier molecular flexibility index (Phi) is 1.59. The quantitative estimate of drug-likeness (QED) is 0.628. The molecule has 1 aromatic heterocycles. The molecular formula is C15H15N3O3. The number of nitrogens with two attached hydrogens (primary N) is 1. The first-order chi connectivity index (χ1) is 13.2.